The van der Waals surface area contributed by atoms with Gasteiger partial charge in [-0.3, -0.25) is 9.78 Å². The molecular formula is C13H15N5O. The van der Waals surface area contributed by atoms with Gasteiger partial charge < -0.3 is 16.8 Å². The highest BCUT2D eigenvalue weighted by molar-refractivity contribution is 5.91. The first-order valence-corrected chi connectivity index (χ1v) is 5.79. The van der Waals surface area contributed by atoms with Crippen LogP contribution < -0.4 is 16.8 Å². The molecule has 0 aliphatic carbocycles. The number of aryl methyl sites for hydroxylation is 1. The van der Waals surface area contributed by atoms with E-state index in [0.717, 1.165) is 11.4 Å². The quantitative estimate of drug-likeness (QED) is 0.759. The number of pyridine rings is 2. The third-order valence-electron chi connectivity index (χ3n) is 2.56. The number of carbonyl (C=O) groups is 1. The van der Waals surface area contributed by atoms with Gasteiger partial charge in [0.05, 0.1) is 17.9 Å². The molecule has 2 aromatic rings. The summed E-state index contributed by atoms with van der Waals surface area (Å²) in [5.41, 5.74) is 13.4. The Morgan fingerprint density at radius 1 is 1.26 bits per heavy atom. The highest BCUT2D eigenvalue weighted by Gasteiger charge is 2.07. The Hall–Kier alpha value is -2.63. The van der Waals surface area contributed by atoms with Gasteiger partial charge in [-0.2, -0.15) is 0 Å². The van der Waals surface area contributed by atoms with Gasteiger partial charge >= 0.3 is 0 Å². The van der Waals surface area contributed by atoms with E-state index < -0.39 is 5.91 Å². The van der Waals surface area contributed by atoms with Gasteiger partial charge in [-0.15, -0.1) is 0 Å². The van der Waals surface area contributed by atoms with Crippen molar-refractivity contribution >= 4 is 17.4 Å². The zero-order valence-corrected chi connectivity index (χ0v) is 10.6. The van der Waals surface area contributed by atoms with Gasteiger partial charge in [-0.05, 0) is 31.2 Å². The molecule has 2 heterocycles. The van der Waals surface area contributed by atoms with E-state index in [9.17, 15) is 4.79 Å². The summed E-state index contributed by atoms with van der Waals surface area (Å²) in [6, 6.07) is 8.83. The summed E-state index contributed by atoms with van der Waals surface area (Å²) in [6.45, 7) is 2.39. The summed E-state index contributed by atoms with van der Waals surface area (Å²) in [5.74, 6) is -0.156. The van der Waals surface area contributed by atoms with Crippen molar-refractivity contribution in [2.45, 2.75) is 13.5 Å². The maximum Gasteiger partial charge on any atom is 0.267 e. The molecular weight excluding hydrogens is 242 g/mol. The third kappa shape index (κ3) is 3.19. The number of nitrogens with two attached hydrogens (primary N) is 2. The number of aromatic nitrogens is 2. The number of nitrogen functional groups attached to an aromatic ring is 1. The maximum absolute atomic E-state index is 11.1. The van der Waals surface area contributed by atoms with E-state index in [1.54, 1.807) is 6.07 Å². The first-order valence-electron chi connectivity index (χ1n) is 5.79. The van der Waals surface area contributed by atoms with E-state index in [-0.39, 0.29) is 5.69 Å². The molecule has 0 aliphatic heterocycles. The largest absolute Gasteiger partial charge is 0.396 e. The Morgan fingerprint density at radius 2 is 2.05 bits per heavy atom. The number of rotatable bonds is 4. The Balaban J connectivity index is 2.15. The number of primary amides is 1. The Kier molecular flexibility index (Phi) is 3.61. The fourth-order valence-electron chi connectivity index (χ4n) is 1.62. The van der Waals surface area contributed by atoms with Crippen molar-refractivity contribution in [1.29, 1.82) is 0 Å². The van der Waals surface area contributed by atoms with Crippen LogP contribution in [0, 0.1) is 6.92 Å². The van der Waals surface area contributed by atoms with Gasteiger partial charge in [-0.25, -0.2) is 4.98 Å². The summed E-state index contributed by atoms with van der Waals surface area (Å²) in [5, 5.41) is 3.05. The summed E-state index contributed by atoms with van der Waals surface area (Å²) in [6.07, 6.45) is 0. The molecule has 0 aromatic carbocycles. The SMILES string of the molecule is Cc1cccc(CNc2nc(C(N)=O)ccc2N)n1. The van der Waals surface area contributed by atoms with Crippen molar-refractivity contribution in [2.24, 2.45) is 5.73 Å². The molecule has 0 atom stereocenters. The average molecular weight is 257 g/mol. The maximum atomic E-state index is 11.1. The molecule has 0 aliphatic rings. The van der Waals surface area contributed by atoms with E-state index in [0.29, 0.717) is 18.1 Å². The Morgan fingerprint density at radius 3 is 2.74 bits per heavy atom. The van der Waals surface area contributed by atoms with E-state index in [4.69, 9.17) is 11.5 Å². The fourth-order valence-corrected chi connectivity index (χ4v) is 1.62. The molecule has 0 saturated heterocycles. The smallest absolute Gasteiger partial charge is 0.267 e. The van der Waals surface area contributed by atoms with Crippen LogP contribution in [0.2, 0.25) is 0 Å². The van der Waals surface area contributed by atoms with Crippen LogP contribution in [0.1, 0.15) is 21.9 Å². The summed E-state index contributed by atoms with van der Waals surface area (Å²) in [7, 11) is 0. The Bertz CT molecular complexity index is 612. The number of hydrogen-bond acceptors (Lipinski definition) is 5. The molecule has 6 heteroatoms. The number of nitrogens with one attached hydrogen (secondary N) is 1. The van der Waals surface area contributed by atoms with E-state index in [1.165, 1.54) is 6.07 Å². The monoisotopic (exact) mass is 257 g/mol. The molecule has 2 aromatic heterocycles. The van der Waals surface area contributed by atoms with Crippen LogP contribution in [0.15, 0.2) is 30.3 Å². The van der Waals surface area contributed by atoms with Crippen molar-refractivity contribution in [2.75, 3.05) is 11.1 Å². The first-order chi connectivity index (χ1) is 9.06. The van der Waals surface area contributed by atoms with Crippen molar-refractivity contribution in [1.82, 2.24) is 9.97 Å². The molecule has 19 heavy (non-hydrogen) atoms. The molecule has 98 valence electrons. The fraction of sp³-hybridized carbons (Fsp3) is 0.154. The van der Waals surface area contributed by atoms with Crippen molar-refractivity contribution in [3.63, 3.8) is 0 Å². The van der Waals surface area contributed by atoms with Gasteiger partial charge in [-0.1, -0.05) is 6.07 Å². The minimum absolute atomic E-state index is 0.175. The standard InChI is InChI=1S/C13H15N5O/c1-8-3-2-4-9(17-8)7-16-13-10(14)5-6-11(18-13)12(15)19/h2-6H,7,14H2,1H3,(H2,15,19)(H,16,18). The van der Waals surface area contributed by atoms with Crippen LogP contribution in [-0.2, 0) is 6.54 Å². The van der Waals surface area contributed by atoms with Gasteiger partial charge in [0.15, 0.2) is 0 Å². The normalized spacial score (nSPS) is 10.2. The minimum Gasteiger partial charge on any atom is -0.396 e. The lowest BCUT2D eigenvalue weighted by Crippen LogP contribution is -2.15. The second-order valence-electron chi connectivity index (χ2n) is 4.12. The highest BCUT2D eigenvalue weighted by Crippen LogP contribution is 2.16. The summed E-state index contributed by atoms with van der Waals surface area (Å²) < 4.78 is 0. The highest BCUT2D eigenvalue weighted by atomic mass is 16.1. The van der Waals surface area contributed by atoms with Crippen LogP contribution in [0.25, 0.3) is 0 Å². The number of nitrogens with zero attached hydrogens (tertiary/aromatic N) is 2. The van der Waals surface area contributed by atoms with E-state index in [2.05, 4.69) is 15.3 Å². The van der Waals surface area contributed by atoms with Gasteiger partial charge in [0.1, 0.15) is 11.5 Å². The zero-order chi connectivity index (χ0) is 13.8. The van der Waals surface area contributed by atoms with Gasteiger partial charge in [0, 0.05) is 5.69 Å². The third-order valence-corrected chi connectivity index (χ3v) is 2.56. The average Bonchev–Trinajstić information content (AvgIpc) is 2.37. The second kappa shape index (κ2) is 5.34. The molecule has 0 unspecified atom stereocenters. The molecule has 2 rings (SSSR count). The number of amides is 1. The lowest BCUT2D eigenvalue weighted by molar-refractivity contribution is 0.0996. The van der Waals surface area contributed by atoms with Crippen molar-refractivity contribution in [3.8, 4) is 0 Å². The van der Waals surface area contributed by atoms with Crippen LogP contribution in [-0.4, -0.2) is 15.9 Å². The lowest BCUT2D eigenvalue weighted by Gasteiger charge is -2.09. The molecule has 6 nitrogen and oxygen atoms in total. The van der Waals surface area contributed by atoms with E-state index in [1.807, 2.05) is 25.1 Å². The molecule has 5 N–H and O–H groups in total. The van der Waals surface area contributed by atoms with E-state index >= 15 is 0 Å². The molecule has 0 spiro atoms. The Labute approximate surface area is 110 Å². The topological polar surface area (TPSA) is 107 Å². The second-order valence-corrected chi connectivity index (χ2v) is 4.12. The zero-order valence-electron chi connectivity index (χ0n) is 10.6. The van der Waals surface area contributed by atoms with Crippen LogP contribution in [0.4, 0.5) is 11.5 Å². The predicted molar refractivity (Wildman–Crippen MR) is 73.5 cm³/mol. The van der Waals surface area contributed by atoms with Crippen molar-refractivity contribution < 1.29 is 4.79 Å². The molecule has 0 bridgehead atoms. The van der Waals surface area contributed by atoms with Gasteiger partial charge in [0.2, 0.25) is 0 Å². The minimum atomic E-state index is -0.586. The predicted octanol–water partition coefficient (Wildman–Crippen LogP) is 1.08. The van der Waals surface area contributed by atoms with Gasteiger partial charge in [0.25, 0.3) is 5.91 Å². The number of carbonyl (C=O) groups excluding carboxylic acids is 1. The lowest BCUT2D eigenvalue weighted by atomic mass is 10.3. The van der Waals surface area contributed by atoms with Crippen LogP contribution in [0.5, 0.6) is 0 Å². The van der Waals surface area contributed by atoms with Crippen LogP contribution in [0.3, 0.4) is 0 Å². The number of anilines is 2. The molecule has 0 radical (unpaired) electrons. The molecule has 0 fully saturated rings. The van der Waals surface area contributed by atoms with Crippen LogP contribution >= 0.6 is 0 Å². The molecule has 0 saturated carbocycles. The number of hydrogen-bond donors (Lipinski definition) is 3. The molecule has 1 amide bonds. The summed E-state index contributed by atoms with van der Waals surface area (Å²) >= 11 is 0. The summed E-state index contributed by atoms with van der Waals surface area (Å²) in [4.78, 5) is 19.5. The van der Waals surface area contributed by atoms with Crippen molar-refractivity contribution in [3.05, 3.63) is 47.4 Å². The first kappa shape index (κ1) is 12.8.